The molecule has 0 spiro atoms. The fraction of sp³-hybridized carbons (Fsp3) is 0.733. The number of alkyl halides is 6. The Morgan fingerprint density at radius 2 is 1.03 bits per heavy atom. The van der Waals surface area contributed by atoms with Crippen LogP contribution in [0.25, 0.3) is 11.2 Å². The van der Waals surface area contributed by atoms with Crippen molar-refractivity contribution in [2.75, 3.05) is 86.0 Å². The zero-order valence-electron chi connectivity index (χ0n) is 51.2. The molecule has 4 aliphatic rings. The predicted octanol–water partition coefficient (Wildman–Crippen LogP) is 2.82. The number of imidazole rings is 1. The van der Waals surface area contributed by atoms with E-state index in [1.54, 1.807) is 9.80 Å². The van der Waals surface area contributed by atoms with Gasteiger partial charge in [-0.05, 0) is 64.2 Å². The van der Waals surface area contributed by atoms with E-state index in [0.717, 1.165) is 6.33 Å². The fourth-order valence-corrected chi connectivity index (χ4v) is 18.1. The van der Waals surface area contributed by atoms with Gasteiger partial charge in [-0.1, -0.05) is 19.3 Å². The van der Waals surface area contributed by atoms with Gasteiger partial charge < -0.3 is 80.9 Å². The number of hydrogen-bond acceptors (Lipinski definition) is 29. The van der Waals surface area contributed by atoms with Gasteiger partial charge in [-0.2, -0.15) is 67.8 Å². The van der Waals surface area contributed by atoms with E-state index in [0.29, 0.717) is 71.0 Å². The van der Waals surface area contributed by atoms with E-state index in [-0.39, 0.29) is 130 Å². The number of fused-ring (bicyclic) bond motifs is 1. The van der Waals surface area contributed by atoms with E-state index in [9.17, 15) is 112 Å². The number of rotatable bonds is 34. The standard InChI is InChI=1S/C45H71F6N15O26P6/c46-44(47,48)38(71)56-28-11-19-64(20-12-28)42-60-41(61-43(62-42)65-21-13-29(14-22-65)57-39(72)45(49,50)51)63-17-9-27(10-18-63)36(69)54-16-6-3-4-8-32(68)53-15-5-1-2-7-23-85-93(73,74)88-95(77,78)90-97(81,82)92-98(83,84)91-96(79,80)89-94(75,76)86-25-31-30(67)24-33(87-31)66-26-55-34-35(66)58-40(52)59-37(34)70/h26-31,33,67H,1-25H2,(H,53,68)(H,54,69)(H,56,71)(H,57,72)(H,73,74)(H,75,76)(H,77,78)(H,79,80)(H,81,82)(H,83,84)(H3,52,58,59,70). The van der Waals surface area contributed by atoms with Crippen molar-refractivity contribution < 1.29 is 143 Å². The van der Waals surface area contributed by atoms with Gasteiger partial charge in [-0.3, -0.25) is 42.6 Å². The van der Waals surface area contributed by atoms with E-state index in [2.05, 4.69) is 71.1 Å². The van der Waals surface area contributed by atoms with Crippen LogP contribution in [-0.2, 0) is 81.9 Å². The van der Waals surface area contributed by atoms with Crippen LogP contribution in [0.3, 0.4) is 0 Å². The summed E-state index contributed by atoms with van der Waals surface area (Å²) in [5.41, 5.74) is 4.59. The molecule has 0 aliphatic carbocycles. The van der Waals surface area contributed by atoms with E-state index in [1.165, 1.54) is 4.57 Å². The molecule has 4 amide bonds. The van der Waals surface area contributed by atoms with E-state index in [4.69, 9.17) is 10.5 Å². The maximum absolute atomic E-state index is 13.2. The highest BCUT2D eigenvalue weighted by atomic mass is 31.3. The molecule has 4 fully saturated rings. The zero-order valence-corrected chi connectivity index (χ0v) is 56.5. The second-order valence-corrected chi connectivity index (χ2v) is 31.8. The van der Waals surface area contributed by atoms with Gasteiger partial charge in [0.25, 0.3) is 5.56 Å². The average Bonchev–Trinajstić information content (AvgIpc) is 1.56. The monoisotopic (exact) mass is 1540 g/mol. The summed E-state index contributed by atoms with van der Waals surface area (Å²) in [5.74, 6) is -4.61. The highest BCUT2D eigenvalue weighted by Crippen LogP contribution is 2.75. The molecule has 7 rings (SSSR count). The molecular formula is C45H71F6N15O26P6. The number of aliphatic hydroxyl groups is 1. The highest BCUT2D eigenvalue weighted by molar-refractivity contribution is 7.72. The molecule has 0 radical (unpaired) electrons. The smallest absolute Gasteiger partial charge is 0.390 e. The molecule has 9 atom stereocenters. The Hall–Kier alpha value is -5.20. The number of carbonyl (C=O) groups excluding carboxylic acids is 4. The van der Waals surface area contributed by atoms with E-state index in [1.807, 2.05) is 15.5 Å². The number of anilines is 4. The maximum atomic E-state index is 13.2. The SMILES string of the molecule is Nc1nc2c(ncn2C2CC(O)C(COP(=O)(O)OP(=O)(O)OP(=O)(O)OP(=O)(O)OP(=O)(O)OP(=O)(O)OCCCCCCNC(=O)CCCCCNC(=O)C3CCN(c4nc(N5CCC(NC(=O)C(F)(F)F)CC5)nc(N5CCC(NC(=O)C(F)(F)F)CC5)n4)CC3)O2)c(=O)[nH]1. The first-order valence-corrected chi connectivity index (χ1v) is 38.7. The number of aliphatic hydroxyl groups excluding tert-OH is 1. The van der Waals surface area contributed by atoms with Gasteiger partial charge >= 0.3 is 71.1 Å². The Kier molecular flexibility index (Phi) is 27.6. The fourth-order valence-electron chi connectivity index (χ4n) is 10.2. The number of amides is 4. The lowest BCUT2D eigenvalue weighted by atomic mass is 9.96. The van der Waals surface area contributed by atoms with Crippen molar-refractivity contribution in [3.63, 3.8) is 0 Å². The first kappa shape index (κ1) is 80.1. The second kappa shape index (κ2) is 33.7. The summed E-state index contributed by atoms with van der Waals surface area (Å²) in [6, 6.07) is -1.52. The lowest BCUT2D eigenvalue weighted by Gasteiger charge is -2.36. The molecule has 4 saturated heterocycles. The molecule has 98 heavy (non-hydrogen) atoms. The zero-order chi connectivity index (χ0) is 72.2. The lowest BCUT2D eigenvalue weighted by Crippen LogP contribution is -2.49. The Morgan fingerprint density at radius 1 is 0.602 bits per heavy atom. The second-order valence-electron chi connectivity index (χ2n) is 22.4. The molecule has 14 N–H and O–H groups in total. The number of nitrogens with two attached hydrogens (primary N) is 1. The van der Waals surface area contributed by atoms with Crippen molar-refractivity contribution in [3.8, 4) is 0 Å². The maximum Gasteiger partial charge on any atom is 0.490 e. The van der Waals surface area contributed by atoms with Crippen molar-refractivity contribution in [2.24, 2.45) is 5.92 Å². The third kappa shape index (κ3) is 25.1. The number of nitrogen functional groups attached to an aromatic ring is 1. The molecule has 41 nitrogen and oxygen atoms in total. The van der Waals surface area contributed by atoms with Crippen LogP contribution in [-0.4, -0.2) is 195 Å². The van der Waals surface area contributed by atoms with Gasteiger partial charge in [-0.15, -0.1) is 0 Å². The Labute approximate surface area is 550 Å². The van der Waals surface area contributed by atoms with Gasteiger partial charge in [0.1, 0.15) is 12.3 Å². The van der Waals surface area contributed by atoms with E-state index >= 15 is 0 Å². The molecule has 0 bridgehead atoms. The minimum Gasteiger partial charge on any atom is -0.390 e. The summed E-state index contributed by atoms with van der Waals surface area (Å²) in [7, 11) is -37.3. The number of unbranched alkanes of at least 4 members (excludes halogenated alkanes) is 5. The Balaban J connectivity index is 0.728. The molecule has 53 heteroatoms. The van der Waals surface area contributed by atoms with Crippen molar-refractivity contribution >= 4 is 106 Å². The number of nitrogens with zero attached hydrogens (tertiary/aromatic N) is 9. The Bertz CT molecular complexity index is 3590. The number of H-pyrrole nitrogens is 1. The molecule has 9 unspecified atom stereocenters. The van der Waals surface area contributed by atoms with Gasteiger partial charge in [-0.25, -0.2) is 32.4 Å². The van der Waals surface area contributed by atoms with Crippen LogP contribution in [0.1, 0.15) is 103 Å². The first-order chi connectivity index (χ1) is 45.6. The summed E-state index contributed by atoms with van der Waals surface area (Å²) in [5, 5.41) is 20.1. The third-order valence-electron chi connectivity index (χ3n) is 14.9. The number of halogens is 6. The minimum atomic E-state index is -6.55. The molecule has 3 aromatic rings. The van der Waals surface area contributed by atoms with Gasteiger partial charge in [0, 0.05) is 83.2 Å². The van der Waals surface area contributed by atoms with Crippen LogP contribution in [0.15, 0.2) is 11.1 Å². The molecular weight excluding hydrogens is 1470 g/mol. The van der Waals surface area contributed by atoms with Gasteiger partial charge in [0.2, 0.25) is 35.6 Å². The van der Waals surface area contributed by atoms with Crippen LogP contribution in [0.5, 0.6) is 0 Å². The summed E-state index contributed by atoms with van der Waals surface area (Å²) in [6.07, 6.45) is -9.10. The number of hydrogen-bond donors (Lipinski definition) is 13. The van der Waals surface area contributed by atoms with Crippen LogP contribution >= 0.6 is 46.9 Å². The minimum absolute atomic E-state index is 0.00176. The number of piperidine rings is 3. The lowest BCUT2D eigenvalue weighted by molar-refractivity contribution is -0.174. The number of ether oxygens (including phenoxy) is 1. The number of aromatic nitrogens is 7. The summed E-state index contributed by atoms with van der Waals surface area (Å²) < 4.78 is 186. The number of phosphoric ester groups is 2. The molecule has 554 valence electrons. The Morgan fingerprint density at radius 3 is 1.51 bits per heavy atom. The summed E-state index contributed by atoms with van der Waals surface area (Å²) in [4.78, 5) is 149. The average molecular weight is 1540 g/mol. The largest absolute Gasteiger partial charge is 0.490 e. The van der Waals surface area contributed by atoms with Crippen molar-refractivity contribution in [3.05, 3.63) is 16.7 Å². The molecule has 0 aromatic carbocycles. The highest BCUT2D eigenvalue weighted by Gasteiger charge is 2.51. The quantitative estimate of drug-likeness (QED) is 0.0232. The molecule has 7 heterocycles. The normalized spacial score (nSPS) is 22.4. The van der Waals surface area contributed by atoms with Crippen LogP contribution < -0.4 is 47.3 Å². The predicted molar refractivity (Wildman–Crippen MR) is 320 cm³/mol. The van der Waals surface area contributed by atoms with Gasteiger partial charge in [0.15, 0.2) is 11.2 Å². The van der Waals surface area contributed by atoms with Crippen LogP contribution in [0.2, 0.25) is 0 Å². The molecule has 3 aromatic heterocycles. The number of carbonyl (C=O) groups is 4. The third-order valence-corrected chi connectivity index (χ3v) is 24.2. The molecule has 0 saturated carbocycles. The van der Waals surface area contributed by atoms with Crippen LogP contribution in [0, 0.1) is 5.92 Å². The van der Waals surface area contributed by atoms with Crippen LogP contribution in [0.4, 0.5) is 50.1 Å². The van der Waals surface area contributed by atoms with E-state index < -0.39 is 120 Å². The van der Waals surface area contributed by atoms with Crippen molar-refractivity contribution in [1.29, 1.82) is 0 Å². The summed E-state index contributed by atoms with van der Waals surface area (Å²) in [6.45, 7) is 0.205. The van der Waals surface area contributed by atoms with Gasteiger partial charge in [0.05, 0.1) is 25.6 Å². The molecule has 4 aliphatic heterocycles. The first-order valence-electron chi connectivity index (χ1n) is 29.7. The number of aromatic amines is 1. The number of phosphoric acid groups is 6. The summed E-state index contributed by atoms with van der Waals surface area (Å²) >= 11 is 0. The van der Waals surface area contributed by atoms with Crippen molar-refractivity contribution in [1.82, 2.24) is 55.7 Å². The number of nitrogens with one attached hydrogen (secondary N) is 5. The topological polar surface area (TPSA) is 572 Å². The van der Waals surface area contributed by atoms with Crippen molar-refractivity contribution in [2.45, 2.75) is 139 Å².